The molecular weight excluding hydrogens is 250 g/mol. The van der Waals surface area contributed by atoms with Gasteiger partial charge in [0.25, 0.3) is 0 Å². The average Bonchev–Trinajstić information content (AvgIpc) is 2.83. The maximum absolute atomic E-state index is 5.63. The second kappa shape index (κ2) is 4.96. The summed E-state index contributed by atoms with van der Waals surface area (Å²) in [5.74, 6) is 2.79. The van der Waals surface area contributed by atoms with Gasteiger partial charge in [-0.2, -0.15) is 0 Å². The van der Waals surface area contributed by atoms with Gasteiger partial charge in [0.05, 0.1) is 12.1 Å². The molecule has 1 aromatic carbocycles. The molecule has 0 atom stereocenters. The maximum atomic E-state index is 5.63. The van der Waals surface area contributed by atoms with Crippen molar-refractivity contribution in [1.82, 2.24) is 9.97 Å². The molecule has 4 nitrogen and oxygen atoms in total. The highest BCUT2D eigenvalue weighted by Crippen LogP contribution is 2.24. The van der Waals surface area contributed by atoms with Crippen LogP contribution in [0.4, 0.5) is 5.82 Å². The van der Waals surface area contributed by atoms with Crippen LogP contribution >= 0.6 is 0 Å². The number of hydrogen-bond acceptors (Lipinski definition) is 4. The summed E-state index contributed by atoms with van der Waals surface area (Å²) in [5.41, 5.74) is 2.17. The molecule has 102 valence electrons. The quantitative estimate of drug-likeness (QED) is 0.728. The van der Waals surface area contributed by atoms with Gasteiger partial charge < -0.3 is 9.32 Å². The third-order valence-electron chi connectivity index (χ3n) is 3.32. The van der Waals surface area contributed by atoms with E-state index < -0.39 is 0 Å². The van der Waals surface area contributed by atoms with Crippen molar-refractivity contribution in [3.05, 3.63) is 53.7 Å². The van der Waals surface area contributed by atoms with Crippen molar-refractivity contribution >= 4 is 16.7 Å². The van der Waals surface area contributed by atoms with Crippen LogP contribution in [0.5, 0.6) is 0 Å². The Morgan fingerprint density at radius 1 is 1.10 bits per heavy atom. The summed E-state index contributed by atoms with van der Waals surface area (Å²) in [5, 5.41) is 1.07. The van der Waals surface area contributed by atoms with Gasteiger partial charge in [-0.05, 0) is 38.1 Å². The van der Waals surface area contributed by atoms with Crippen LogP contribution in [0.25, 0.3) is 10.9 Å². The van der Waals surface area contributed by atoms with Crippen molar-refractivity contribution in [3.63, 3.8) is 0 Å². The Bertz CT molecular complexity index is 748. The SMILES string of the molecule is Cc1ccc2ncnc(N(C)Cc3ccc(C)o3)c2c1. The molecule has 0 aliphatic rings. The topological polar surface area (TPSA) is 42.2 Å². The molecule has 0 aliphatic carbocycles. The summed E-state index contributed by atoms with van der Waals surface area (Å²) in [6, 6.07) is 10.2. The Hall–Kier alpha value is -2.36. The molecular formula is C16H17N3O. The second-order valence-corrected chi connectivity index (χ2v) is 5.09. The van der Waals surface area contributed by atoms with E-state index in [1.165, 1.54) is 5.56 Å². The Morgan fingerprint density at radius 3 is 2.70 bits per heavy atom. The predicted octanol–water partition coefficient (Wildman–Crippen LogP) is 3.48. The first-order valence-electron chi connectivity index (χ1n) is 6.61. The van der Waals surface area contributed by atoms with Crippen LogP contribution < -0.4 is 4.90 Å². The van der Waals surface area contributed by atoms with Crippen LogP contribution in [0, 0.1) is 13.8 Å². The lowest BCUT2D eigenvalue weighted by atomic mass is 10.1. The first kappa shape index (κ1) is 12.7. The van der Waals surface area contributed by atoms with Crippen molar-refractivity contribution in [2.24, 2.45) is 0 Å². The minimum atomic E-state index is 0.688. The summed E-state index contributed by atoms with van der Waals surface area (Å²) in [6.07, 6.45) is 1.61. The normalized spacial score (nSPS) is 10.9. The molecule has 0 unspecified atom stereocenters. The van der Waals surface area contributed by atoms with Crippen molar-refractivity contribution in [2.75, 3.05) is 11.9 Å². The molecule has 0 saturated carbocycles. The van der Waals surface area contributed by atoms with E-state index in [1.807, 2.05) is 32.2 Å². The van der Waals surface area contributed by atoms with Crippen LogP contribution in [0.3, 0.4) is 0 Å². The molecule has 0 radical (unpaired) electrons. The number of hydrogen-bond donors (Lipinski definition) is 0. The molecule has 0 bridgehead atoms. The van der Waals surface area contributed by atoms with Crippen molar-refractivity contribution < 1.29 is 4.42 Å². The number of fused-ring (bicyclic) bond motifs is 1. The summed E-state index contributed by atoms with van der Waals surface area (Å²) in [4.78, 5) is 10.8. The largest absolute Gasteiger partial charge is 0.464 e. The lowest BCUT2D eigenvalue weighted by Gasteiger charge is -2.18. The molecule has 0 aliphatic heterocycles. The third-order valence-corrected chi connectivity index (χ3v) is 3.32. The van der Waals surface area contributed by atoms with Crippen molar-refractivity contribution in [2.45, 2.75) is 20.4 Å². The van der Waals surface area contributed by atoms with E-state index in [0.29, 0.717) is 6.54 Å². The van der Waals surface area contributed by atoms with Gasteiger partial charge in [0, 0.05) is 12.4 Å². The van der Waals surface area contributed by atoms with E-state index in [0.717, 1.165) is 28.2 Å². The molecule has 2 heterocycles. The number of nitrogens with zero attached hydrogens (tertiary/aromatic N) is 3. The number of anilines is 1. The highest BCUT2D eigenvalue weighted by Gasteiger charge is 2.10. The summed E-state index contributed by atoms with van der Waals surface area (Å²) in [7, 11) is 2.02. The third kappa shape index (κ3) is 2.37. The van der Waals surface area contributed by atoms with E-state index >= 15 is 0 Å². The number of rotatable bonds is 3. The van der Waals surface area contributed by atoms with Crippen LogP contribution in [0.1, 0.15) is 17.1 Å². The van der Waals surface area contributed by atoms with Gasteiger partial charge in [-0.1, -0.05) is 11.6 Å². The van der Waals surface area contributed by atoms with Crippen LogP contribution in [0.15, 0.2) is 41.1 Å². The number of aromatic nitrogens is 2. The van der Waals surface area contributed by atoms with Crippen LogP contribution in [-0.2, 0) is 6.54 Å². The summed E-state index contributed by atoms with van der Waals surface area (Å²) in [6.45, 7) is 4.72. The van der Waals surface area contributed by atoms with E-state index in [1.54, 1.807) is 6.33 Å². The van der Waals surface area contributed by atoms with Crippen molar-refractivity contribution in [1.29, 1.82) is 0 Å². The second-order valence-electron chi connectivity index (χ2n) is 5.09. The lowest BCUT2D eigenvalue weighted by molar-refractivity contribution is 0.481. The minimum absolute atomic E-state index is 0.688. The minimum Gasteiger partial charge on any atom is -0.464 e. The molecule has 0 saturated heterocycles. The van der Waals surface area contributed by atoms with E-state index in [2.05, 4.69) is 33.9 Å². The number of furan rings is 1. The molecule has 4 heteroatoms. The van der Waals surface area contributed by atoms with Gasteiger partial charge in [0.1, 0.15) is 23.7 Å². The monoisotopic (exact) mass is 267 g/mol. The summed E-state index contributed by atoms with van der Waals surface area (Å²) >= 11 is 0. The fourth-order valence-electron chi connectivity index (χ4n) is 2.34. The van der Waals surface area contributed by atoms with Gasteiger partial charge in [-0.15, -0.1) is 0 Å². The van der Waals surface area contributed by atoms with Gasteiger partial charge in [0.2, 0.25) is 0 Å². The zero-order valence-corrected chi connectivity index (χ0v) is 11.9. The smallest absolute Gasteiger partial charge is 0.140 e. The summed E-state index contributed by atoms with van der Waals surface area (Å²) < 4.78 is 5.63. The lowest BCUT2D eigenvalue weighted by Crippen LogP contribution is -2.17. The van der Waals surface area contributed by atoms with Gasteiger partial charge in [-0.3, -0.25) is 0 Å². The fraction of sp³-hybridized carbons (Fsp3) is 0.250. The Morgan fingerprint density at radius 2 is 1.95 bits per heavy atom. The molecule has 0 amide bonds. The Kier molecular flexibility index (Phi) is 3.14. The Balaban J connectivity index is 1.98. The van der Waals surface area contributed by atoms with E-state index in [-0.39, 0.29) is 0 Å². The van der Waals surface area contributed by atoms with Gasteiger partial charge in [-0.25, -0.2) is 9.97 Å². The van der Waals surface area contributed by atoms with Gasteiger partial charge >= 0.3 is 0 Å². The average molecular weight is 267 g/mol. The fourth-order valence-corrected chi connectivity index (χ4v) is 2.34. The molecule has 3 rings (SSSR count). The number of aryl methyl sites for hydroxylation is 2. The van der Waals surface area contributed by atoms with E-state index in [9.17, 15) is 0 Å². The maximum Gasteiger partial charge on any atom is 0.140 e. The first-order valence-corrected chi connectivity index (χ1v) is 6.61. The highest BCUT2D eigenvalue weighted by molar-refractivity contribution is 5.89. The zero-order chi connectivity index (χ0) is 14.1. The predicted molar refractivity (Wildman–Crippen MR) is 79.8 cm³/mol. The molecule has 2 aromatic heterocycles. The Labute approximate surface area is 118 Å². The first-order chi connectivity index (χ1) is 9.63. The zero-order valence-electron chi connectivity index (χ0n) is 11.9. The number of benzene rings is 1. The van der Waals surface area contributed by atoms with Crippen LogP contribution in [-0.4, -0.2) is 17.0 Å². The standard InChI is InChI=1S/C16H17N3O/c1-11-4-7-15-14(8-11)16(18-10-17-15)19(3)9-13-6-5-12(2)20-13/h4-8,10H,9H2,1-3H3. The van der Waals surface area contributed by atoms with Crippen molar-refractivity contribution in [3.8, 4) is 0 Å². The molecule has 3 aromatic rings. The van der Waals surface area contributed by atoms with E-state index in [4.69, 9.17) is 4.42 Å². The van der Waals surface area contributed by atoms with Gasteiger partial charge in [0.15, 0.2) is 0 Å². The molecule has 0 N–H and O–H groups in total. The molecule has 20 heavy (non-hydrogen) atoms. The molecule has 0 spiro atoms. The highest BCUT2D eigenvalue weighted by atomic mass is 16.3. The molecule has 0 fully saturated rings. The van der Waals surface area contributed by atoms with Crippen LogP contribution in [0.2, 0.25) is 0 Å².